The summed E-state index contributed by atoms with van der Waals surface area (Å²) in [6.45, 7) is -1.62. The van der Waals surface area contributed by atoms with Gasteiger partial charge in [0.2, 0.25) is 0 Å². The monoisotopic (exact) mass is 498 g/mol. The minimum atomic E-state index is -5.16. The van der Waals surface area contributed by atoms with Gasteiger partial charge in [-0.05, 0) is 42.5 Å². The van der Waals surface area contributed by atoms with Crippen LogP contribution in [0, 0.1) is 0 Å². The second kappa shape index (κ2) is 10.4. The number of amides is 2. The van der Waals surface area contributed by atoms with Crippen LogP contribution in [-0.2, 0) is 26.7 Å². The molecule has 2 N–H and O–H groups in total. The molecule has 178 valence electrons. The van der Waals surface area contributed by atoms with Crippen molar-refractivity contribution in [1.29, 1.82) is 0 Å². The molecular formula is C19H13ClF6N2O5. The lowest BCUT2D eigenvalue weighted by molar-refractivity contribution is -0.143. The smallest absolute Gasteiger partial charge is 0.416 e. The van der Waals surface area contributed by atoms with Gasteiger partial charge in [-0.2, -0.15) is 26.3 Å². The van der Waals surface area contributed by atoms with Crippen molar-refractivity contribution in [3.63, 3.8) is 0 Å². The van der Waals surface area contributed by atoms with Crippen molar-refractivity contribution in [2.24, 2.45) is 0 Å². The van der Waals surface area contributed by atoms with E-state index in [1.54, 1.807) is 0 Å². The van der Waals surface area contributed by atoms with Crippen LogP contribution in [0.1, 0.15) is 21.5 Å². The highest BCUT2D eigenvalue weighted by Gasteiger charge is 2.37. The average molecular weight is 499 g/mol. The van der Waals surface area contributed by atoms with Crippen molar-refractivity contribution in [3.8, 4) is 5.75 Å². The first-order valence-corrected chi connectivity index (χ1v) is 9.06. The number of hydrazine groups is 1. The molecule has 0 aliphatic rings. The second-order valence-electron chi connectivity index (χ2n) is 6.21. The van der Waals surface area contributed by atoms with Gasteiger partial charge in [0.25, 0.3) is 11.8 Å². The SMILES string of the molecule is O=C(COC(=O)c1cc(C(F)(F)F)cc(C(F)(F)F)c1)NNC(=O)COc1ccc(Cl)cc1. The third-order valence-corrected chi connectivity index (χ3v) is 3.93. The van der Waals surface area contributed by atoms with Gasteiger partial charge >= 0.3 is 18.3 Å². The maximum absolute atomic E-state index is 12.8. The van der Waals surface area contributed by atoms with Crippen molar-refractivity contribution in [2.75, 3.05) is 13.2 Å². The van der Waals surface area contributed by atoms with Gasteiger partial charge in [-0.1, -0.05) is 11.6 Å². The van der Waals surface area contributed by atoms with Crippen molar-refractivity contribution >= 4 is 29.4 Å². The lowest BCUT2D eigenvalue weighted by Gasteiger charge is -2.14. The molecule has 0 unspecified atom stereocenters. The van der Waals surface area contributed by atoms with E-state index in [0.717, 1.165) is 0 Å². The molecule has 2 aromatic rings. The van der Waals surface area contributed by atoms with E-state index >= 15 is 0 Å². The molecule has 2 aromatic carbocycles. The van der Waals surface area contributed by atoms with E-state index in [9.17, 15) is 40.7 Å². The summed E-state index contributed by atoms with van der Waals surface area (Å²) in [5.74, 6) is -3.25. The Bertz CT molecular complexity index is 993. The molecule has 7 nitrogen and oxygen atoms in total. The van der Waals surface area contributed by atoms with Crippen LogP contribution < -0.4 is 15.6 Å². The molecule has 0 heterocycles. The van der Waals surface area contributed by atoms with Crippen LogP contribution in [-0.4, -0.2) is 31.0 Å². The van der Waals surface area contributed by atoms with Crippen LogP contribution in [0.2, 0.25) is 5.02 Å². The van der Waals surface area contributed by atoms with Crippen molar-refractivity contribution < 1.29 is 50.2 Å². The first-order valence-electron chi connectivity index (χ1n) is 8.68. The summed E-state index contributed by atoms with van der Waals surface area (Å²) < 4.78 is 86.5. The number of halogens is 7. The number of hydrogen-bond donors (Lipinski definition) is 2. The number of carbonyl (C=O) groups excluding carboxylic acids is 3. The molecule has 14 heteroatoms. The van der Waals surface area contributed by atoms with E-state index in [4.69, 9.17) is 16.3 Å². The summed E-state index contributed by atoms with van der Waals surface area (Å²) in [5.41, 5.74) is -0.769. The van der Waals surface area contributed by atoms with Gasteiger partial charge < -0.3 is 9.47 Å². The third-order valence-electron chi connectivity index (χ3n) is 3.68. The van der Waals surface area contributed by atoms with Gasteiger partial charge in [-0.15, -0.1) is 0 Å². The quantitative estimate of drug-likeness (QED) is 0.359. The summed E-state index contributed by atoms with van der Waals surface area (Å²) in [4.78, 5) is 35.1. The van der Waals surface area contributed by atoms with Gasteiger partial charge in [0.15, 0.2) is 13.2 Å². The van der Waals surface area contributed by atoms with Crippen LogP contribution in [0.5, 0.6) is 5.75 Å². The van der Waals surface area contributed by atoms with Crippen LogP contribution >= 0.6 is 11.6 Å². The number of rotatable bonds is 6. The maximum atomic E-state index is 12.8. The Morgan fingerprint density at radius 3 is 1.76 bits per heavy atom. The zero-order valence-electron chi connectivity index (χ0n) is 16.1. The Hall–Kier alpha value is -3.48. The van der Waals surface area contributed by atoms with Gasteiger partial charge in [0, 0.05) is 5.02 Å². The number of hydrogen-bond acceptors (Lipinski definition) is 5. The first kappa shape index (κ1) is 25.8. The van der Waals surface area contributed by atoms with E-state index in [1.807, 2.05) is 10.9 Å². The van der Waals surface area contributed by atoms with Crippen LogP contribution in [0.25, 0.3) is 0 Å². The Labute approximate surface area is 186 Å². The molecule has 0 atom stereocenters. The van der Waals surface area contributed by atoms with Crippen molar-refractivity contribution in [2.45, 2.75) is 12.4 Å². The highest BCUT2D eigenvalue weighted by molar-refractivity contribution is 6.30. The predicted octanol–water partition coefficient (Wildman–Crippen LogP) is 3.76. The Balaban J connectivity index is 1.88. The molecule has 0 bridgehead atoms. The number of carbonyl (C=O) groups is 3. The number of benzene rings is 2. The fourth-order valence-corrected chi connectivity index (χ4v) is 2.30. The number of nitrogens with one attached hydrogen (secondary N) is 2. The van der Waals surface area contributed by atoms with Crippen molar-refractivity contribution in [3.05, 3.63) is 64.2 Å². The molecule has 0 saturated carbocycles. The fourth-order valence-electron chi connectivity index (χ4n) is 2.18. The maximum Gasteiger partial charge on any atom is 0.416 e. The van der Waals surface area contributed by atoms with E-state index in [0.29, 0.717) is 10.8 Å². The van der Waals surface area contributed by atoms with E-state index in [1.165, 1.54) is 24.3 Å². The Kier molecular flexibility index (Phi) is 8.14. The molecule has 0 spiro atoms. The normalized spacial score (nSPS) is 11.5. The lowest BCUT2D eigenvalue weighted by Crippen LogP contribution is -2.45. The summed E-state index contributed by atoms with van der Waals surface area (Å²) >= 11 is 5.69. The van der Waals surface area contributed by atoms with E-state index < -0.39 is 60.0 Å². The van der Waals surface area contributed by atoms with Gasteiger partial charge in [-0.3, -0.25) is 20.4 Å². The average Bonchev–Trinajstić information content (AvgIpc) is 2.74. The Morgan fingerprint density at radius 1 is 0.788 bits per heavy atom. The molecule has 0 aliphatic heterocycles. The molecule has 0 radical (unpaired) electrons. The molecule has 0 aliphatic carbocycles. The second-order valence-corrected chi connectivity index (χ2v) is 6.65. The van der Waals surface area contributed by atoms with Crippen molar-refractivity contribution in [1.82, 2.24) is 10.9 Å². The number of alkyl halides is 6. The van der Waals surface area contributed by atoms with Gasteiger partial charge in [0.1, 0.15) is 5.75 Å². The summed E-state index contributed by atoms with van der Waals surface area (Å²) in [7, 11) is 0. The Morgan fingerprint density at radius 2 is 1.27 bits per heavy atom. The van der Waals surface area contributed by atoms with E-state index in [-0.39, 0.29) is 18.2 Å². The largest absolute Gasteiger partial charge is 0.484 e. The molecule has 33 heavy (non-hydrogen) atoms. The highest BCUT2D eigenvalue weighted by atomic mass is 35.5. The third kappa shape index (κ3) is 8.18. The zero-order valence-corrected chi connectivity index (χ0v) is 16.9. The molecule has 0 saturated heterocycles. The van der Waals surface area contributed by atoms with Gasteiger partial charge in [0.05, 0.1) is 16.7 Å². The molecule has 0 fully saturated rings. The fraction of sp³-hybridized carbons (Fsp3) is 0.211. The van der Waals surface area contributed by atoms with Crippen LogP contribution in [0.3, 0.4) is 0 Å². The van der Waals surface area contributed by atoms with E-state index in [2.05, 4.69) is 4.74 Å². The summed E-state index contributed by atoms with van der Waals surface area (Å²) in [5, 5.41) is 0.438. The zero-order chi connectivity index (χ0) is 24.8. The highest BCUT2D eigenvalue weighted by Crippen LogP contribution is 2.36. The number of esters is 1. The number of ether oxygens (including phenoxy) is 2. The molecule has 0 aromatic heterocycles. The summed E-state index contributed by atoms with van der Waals surface area (Å²) in [6.07, 6.45) is -10.3. The predicted molar refractivity (Wildman–Crippen MR) is 100.0 cm³/mol. The standard InChI is InChI=1S/C19H13ClF6N2O5/c20-13-1-3-14(4-2-13)32-8-15(29)27-28-16(30)9-33-17(31)10-5-11(18(21,22)23)7-12(6-10)19(24,25)26/h1-7H,8-9H2,(H,27,29)(H,28,30). The lowest BCUT2D eigenvalue weighted by atomic mass is 10.0. The minimum absolute atomic E-state index is 0.158. The molecular weight excluding hydrogens is 486 g/mol. The first-order chi connectivity index (χ1) is 15.3. The van der Waals surface area contributed by atoms with Gasteiger partial charge in [-0.25, -0.2) is 4.79 Å². The van der Waals surface area contributed by atoms with Crippen LogP contribution in [0.15, 0.2) is 42.5 Å². The minimum Gasteiger partial charge on any atom is -0.484 e. The molecule has 2 rings (SSSR count). The topological polar surface area (TPSA) is 93.7 Å². The molecule has 2 amide bonds. The summed E-state index contributed by atoms with van der Waals surface area (Å²) in [6, 6.07) is 6.12. The van der Waals surface area contributed by atoms with Crippen LogP contribution in [0.4, 0.5) is 26.3 Å².